The molecule has 1 aromatic rings. The molecule has 1 fully saturated rings. The molecule has 0 aromatic heterocycles. The Hall–Kier alpha value is -1.72. The first-order valence-electron chi connectivity index (χ1n) is 5.04. The SMILES string of the molecule is O=C1NC(Cc2cccc(C(F)(F)F)c2)CO1. The van der Waals surface area contributed by atoms with Crippen molar-refractivity contribution in [3.05, 3.63) is 35.4 Å². The van der Waals surface area contributed by atoms with Crippen LogP contribution in [0.5, 0.6) is 0 Å². The molecule has 1 atom stereocenters. The molecule has 1 saturated heterocycles. The molecule has 1 aliphatic heterocycles. The van der Waals surface area contributed by atoms with E-state index >= 15 is 0 Å². The van der Waals surface area contributed by atoms with Gasteiger partial charge in [0.15, 0.2) is 0 Å². The predicted octanol–water partition coefficient (Wildman–Crippen LogP) is 2.36. The maximum Gasteiger partial charge on any atom is 0.416 e. The highest BCUT2D eigenvalue weighted by molar-refractivity contribution is 5.69. The number of amides is 1. The van der Waals surface area contributed by atoms with E-state index in [1.807, 2.05) is 0 Å². The fourth-order valence-corrected chi connectivity index (χ4v) is 1.70. The van der Waals surface area contributed by atoms with Crippen molar-refractivity contribution in [3.63, 3.8) is 0 Å². The van der Waals surface area contributed by atoms with Crippen LogP contribution in [0.3, 0.4) is 0 Å². The van der Waals surface area contributed by atoms with Crippen LogP contribution < -0.4 is 5.32 Å². The largest absolute Gasteiger partial charge is 0.447 e. The Labute approximate surface area is 95.6 Å². The van der Waals surface area contributed by atoms with Crippen LogP contribution in [0.4, 0.5) is 18.0 Å². The molecule has 1 aromatic carbocycles. The predicted molar refractivity (Wildman–Crippen MR) is 53.4 cm³/mol. The van der Waals surface area contributed by atoms with Crippen LogP contribution in [0.25, 0.3) is 0 Å². The second-order valence-electron chi connectivity index (χ2n) is 3.84. The maximum atomic E-state index is 12.4. The Morgan fingerprint density at radius 2 is 2.18 bits per heavy atom. The van der Waals surface area contributed by atoms with Gasteiger partial charge in [0.05, 0.1) is 11.6 Å². The monoisotopic (exact) mass is 245 g/mol. The molecule has 3 nitrogen and oxygen atoms in total. The van der Waals surface area contributed by atoms with Crippen molar-refractivity contribution in [2.75, 3.05) is 6.61 Å². The van der Waals surface area contributed by atoms with Gasteiger partial charge in [-0.3, -0.25) is 0 Å². The van der Waals surface area contributed by atoms with Gasteiger partial charge in [0.2, 0.25) is 0 Å². The summed E-state index contributed by atoms with van der Waals surface area (Å²) in [6, 6.07) is 4.80. The third-order valence-corrected chi connectivity index (χ3v) is 2.47. The minimum atomic E-state index is -4.34. The number of carbonyl (C=O) groups is 1. The summed E-state index contributed by atoms with van der Waals surface area (Å²) < 4.78 is 42.0. The number of hydrogen-bond donors (Lipinski definition) is 1. The number of carbonyl (C=O) groups excluding carboxylic acids is 1. The summed E-state index contributed by atoms with van der Waals surface area (Å²) in [7, 11) is 0. The van der Waals surface area contributed by atoms with Crippen LogP contribution in [0.1, 0.15) is 11.1 Å². The van der Waals surface area contributed by atoms with Crippen molar-refractivity contribution in [3.8, 4) is 0 Å². The van der Waals surface area contributed by atoms with Gasteiger partial charge in [-0.15, -0.1) is 0 Å². The topological polar surface area (TPSA) is 38.3 Å². The number of alkyl halides is 3. The van der Waals surface area contributed by atoms with Crippen molar-refractivity contribution in [1.29, 1.82) is 0 Å². The maximum absolute atomic E-state index is 12.4. The Bertz CT molecular complexity index is 431. The molecule has 0 saturated carbocycles. The minimum absolute atomic E-state index is 0.190. The van der Waals surface area contributed by atoms with Crippen LogP contribution in [-0.2, 0) is 17.3 Å². The number of benzene rings is 1. The zero-order valence-corrected chi connectivity index (χ0v) is 8.75. The number of ether oxygens (including phenoxy) is 1. The third-order valence-electron chi connectivity index (χ3n) is 2.47. The molecule has 92 valence electrons. The van der Waals surface area contributed by atoms with Crippen molar-refractivity contribution in [2.24, 2.45) is 0 Å². The van der Waals surface area contributed by atoms with E-state index in [0.29, 0.717) is 12.0 Å². The number of halogens is 3. The van der Waals surface area contributed by atoms with Crippen LogP contribution >= 0.6 is 0 Å². The number of alkyl carbamates (subject to hydrolysis) is 1. The van der Waals surface area contributed by atoms with E-state index in [-0.39, 0.29) is 12.6 Å². The second kappa shape index (κ2) is 4.27. The van der Waals surface area contributed by atoms with Gasteiger partial charge in [-0.1, -0.05) is 18.2 Å². The van der Waals surface area contributed by atoms with Crippen molar-refractivity contribution in [1.82, 2.24) is 5.32 Å². The Morgan fingerprint density at radius 1 is 1.41 bits per heavy atom. The van der Waals surface area contributed by atoms with Crippen molar-refractivity contribution < 1.29 is 22.7 Å². The Morgan fingerprint density at radius 3 is 2.76 bits per heavy atom. The Balaban J connectivity index is 2.09. The highest BCUT2D eigenvalue weighted by Crippen LogP contribution is 2.29. The first-order chi connectivity index (χ1) is 7.95. The smallest absolute Gasteiger partial charge is 0.416 e. The number of rotatable bonds is 2. The van der Waals surface area contributed by atoms with Gasteiger partial charge in [-0.2, -0.15) is 13.2 Å². The number of hydrogen-bond acceptors (Lipinski definition) is 2. The molecule has 2 rings (SSSR count). The summed E-state index contributed by atoms with van der Waals surface area (Å²) in [6.45, 7) is 0.190. The minimum Gasteiger partial charge on any atom is -0.447 e. The molecular formula is C11H10F3NO2. The van der Waals surface area contributed by atoms with E-state index in [9.17, 15) is 18.0 Å². The summed E-state index contributed by atoms with van der Waals surface area (Å²) in [5.74, 6) is 0. The van der Waals surface area contributed by atoms with Gasteiger partial charge < -0.3 is 10.1 Å². The lowest BCUT2D eigenvalue weighted by Crippen LogP contribution is -2.28. The molecular weight excluding hydrogens is 235 g/mol. The average Bonchev–Trinajstić information content (AvgIpc) is 2.63. The zero-order chi connectivity index (χ0) is 12.5. The summed E-state index contributed by atoms with van der Waals surface area (Å²) >= 11 is 0. The molecule has 17 heavy (non-hydrogen) atoms. The van der Waals surface area contributed by atoms with Crippen molar-refractivity contribution >= 4 is 6.09 Å². The summed E-state index contributed by atoms with van der Waals surface area (Å²) in [4.78, 5) is 10.8. The van der Waals surface area contributed by atoms with Gasteiger partial charge in [0, 0.05) is 0 Å². The van der Waals surface area contributed by atoms with Crippen molar-refractivity contribution in [2.45, 2.75) is 18.6 Å². The normalized spacial score (nSPS) is 19.9. The summed E-state index contributed by atoms with van der Waals surface area (Å²) in [5, 5.41) is 2.52. The highest BCUT2D eigenvalue weighted by Gasteiger charge is 2.31. The quantitative estimate of drug-likeness (QED) is 0.868. The molecule has 1 aliphatic rings. The van der Waals surface area contributed by atoms with Gasteiger partial charge >= 0.3 is 12.3 Å². The first kappa shape index (κ1) is 11.8. The molecule has 0 bridgehead atoms. The average molecular weight is 245 g/mol. The standard InChI is InChI=1S/C11H10F3NO2/c12-11(13,14)8-3-1-2-7(4-8)5-9-6-17-10(16)15-9/h1-4,9H,5-6H2,(H,15,16). The lowest BCUT2D eigenvalue weighted by molar-refractivity contribution is -0.137. The molecule has 1 N–H and O–H groups in total. The van der Waals surface area contributed by atoms with E-state index in [1.165, 1.54) is 6.07 Å². The van der Waals surface area contributed by atoms with E-state index < -0.39 is 17.8 Å². The van der Waals surface area contributed by atoms with Gasteiger partial charge in [0.1, 0.15) is 6.61 Å². The van der Waals surface area contributed by atoms with Crippen LogP contribution in [0.2, 0.25) is 0 Å². The van der Waals surface area contributed by atoms with Gasteiger partial charge in [-0.25, -0.2) is 4.79 Å². The molecule has 1 heterocycles. The summed E-state index contributed by atoms with van der Waals surface area (Å²) in [6.07, 6.45) is -4.54. The van der Waals surface area contributed by atoms with Crippen LogP contribution in [0.15, 0.2) is 24.3 Å². The highest BCUT2D eigenvalue weighted by atomic mass is 19.4. The van der Waals surface area contributed by atoms with Gasteiger partial charge in [-0.05, 0) is 18.1 Å². The van der Waals surface area contributed by atoms with Gasteiger partial charge in [0.25, 0.3) is 0 Å². The number of nitrogens with one attached hydrogen (secondary N) is 1. The third kappa shape index (κ3) is 2.89. The van der Waals surface area contributed by atoms with E-state index in [4.69, 9.17) is 0 Å². The molecule has 1 amide bonds. The second-order valence-corrected chi connectivity index (χ2v) is 3.84. The first-order valence-corrected chi connectivity index (χ1v) is 5.04. The molecule has 1 unspecified atom stereocenters. The van der Waals surface area contributed by atoms with E-state index in [2.05, 4.69) is 10.1 Å². The fourth-order valence-electron chi connectivity index (χ4n) is 1.70. The molecule has 0 radical (unpaired) electrons. The van der Waals surface area contributed by atoms with E-state index in [1.54, 1.807) is 6.07 Å². The lowest BCUT2D eigenvalue weighted by atomic mass is 10.0. The Kier molecular flexibility index (Phi) is 2.95. The molecule has 0 aliphatic carbocycles. The van der Waals surface area contributed by atoms with Crippen LogP contribution in [-0.4, -0.2) is 18.7 Å². The van der Waals surface area contributed by atoms with Crippen LogP contribution in [0, 0.1) is 0 Å². The van der Waals surface area contributed by atoms with E-state index in [0.717, 1.165) is 12.1 Å². The molecule has 6 heteroatoms. The lowest BCUT2D eigenvalue weighted by Gasteiger charge is -2.10. The zero-order valence-electron chi connectivity index (χ0n) is 8.75. The fraction of sp³-hybridized carbons (Fsp3) is 0.364. The molecule has 0 spiro atoms. The summed E-state index contributed by atoms with van der Waals surface area (Å²) in [5.41, 5.74) is -0.157. The number of cyclic esters (lactones) is 1.